The largest absolute Gasteiger partial charge is 0.377 e. The Hall–Kier alpha value is -1.12. The Labute approximate surface area is 132 Å². The molecule has 6 nitrogen and oxygen atoms in total. The summed E-state index contributed by atoms with van der Waals surface area (Å²) in [6.45, 7) is 2.08. The third-order valence-corrected chi connectivity index (χ3v) is 7.12. The van der Waals surface area contributed by atoms with Crippen molar-refractivity contribution in [1.29, 1.82) is 0 Å². The van der Waals surface area contributed by atoms with Gasteiger partial charge in [0.1, 0.15) is 0 Å². The van der Waals surface area contributed by atoms with Crippen molar-refractivity contribution in [2.45, 2.75) is 18.2 Å². The zero-order chi connectivity index (χ0) is 16.5. The van der Waals surface area contributed by atoms with Gasteiger partial charge in [-0.05, 0) is 37.0 Å². The Morgan fingerprint density at radius 1 is 1.32 bits per heavy atom. The molecule has 1 heterocycles. The molecule has 22 heavy (non-hydrogen) atoms. The number of hydrogen-bond donors (Lipinski definition) is 1. The van der Waals surface area contributed by atoms with Gasteiger partial charge in [0.25, 0.3) is 0 Å². The van der Waals surface area contributed by atoms with Crippen molar-refractivity contribution in [1.82, 2.24) is 4.72 Å². The molecule has 0 aliphatic carbocycles. The second-order valence-electron chi connectivity index (χ2n) is 5.96. The van der Waals surface area contributed by atoms with E-state index in [2.05, 4.69) is 4.72 Å². The molecule has 0 amide bonds. The molecule has 0 saturated carbocycles. The molecule has 0 spiro atoms. The van der Waals surface area contributed by atoms with Crippen LogP contribution in [0.1, 0.15) is 12.0 Å². The molecule has 1 fully saturated rings. The van der Waals surface area contributed by atoms with E-state index >= 15 is 0 Å². The second kappa shape index (κ2) is 6.17. The van der Waals surface area contributed by atoms with E-state index in [4.69, 9.17) is 0 Å². The maximum absolute atomic E-state index is 12.4. The lowest BCUT2D eigenvalue weighted by Gasteiger charge is -2.17. The van der Waals surface area contributed by atoms with E-state index in [0.717, 1.165) is 11.3 Å². The fraction of sp³-hybridized carbons (Fsp3) is 0.571. The SMILES string of the molecule is Cc1ccc(S(=O)(=O)NC[C@@H]2CCS(=O)(=O)C2)cc1N(C)C. The third kappa shape index (κ3) is 3.99. The predicted octanol–water partition coefficient (Wildman–Crippen LogP) is 0.774. The Bertz CT molecular complexity index is 755. The molecule has 8 heteroatoms. The summed E-state index contributed by atoms with van der Waals surface area (Å²) in [6, 6.07) is 4.96. The minimum absolute atomic E-state index is 0.0619. The van der Waals surface area contributed by atoms with Crippen LogP contribution in [0.3, 0.4) is 0 Å². The number of aryl methyl sites for hydroxylation is 1. The predicted molar refractivity (Wildman–Crippen MR) is 87.5 cm³/mol. The van der Waals surface area contributed by atoms with Crippen LogP contribution in [0.5, 0.6) is 0 Å². The highest BCUT2D eigenvalue weighted by Gasteiger charge is 2.29. The summed E-state index contributed by atoms with van der Waals surface area (Å²) in [5.74, 6) is 0.0692. The molecule has 1 aliphatic rings. The van der Waals surface area contributed by atoms with Crippen LogP contribution in [0, 0.1) is 12.8 Å². The van der Waals surface area contributed by atoms with Gasteiger partial charge in [-0.1, -0.05) is 6.07 Å². The van der Waals surface area contributed by atoms with E-state index in [1.807, 2.05) is 25.9 Å². The minimum Gasteiger partial charge on any atom is -0.377 e. The minimum atomic E-state index is -3.63. The second-order valence-corrected chi connectivity index (χ2v) is 9.96. The summed E-state index contributed by atoms with van der Waals surface area (Å²) in [4.78, 5) is 2.06. The first-order valence-corrected chi connectivity index (χ1v) is 10.4. The zero-order valence-electron chi connectivity index (χ0n) is 13.0. The Kier molecular flexibility index (Phi) is 4.84. The lowest BCUT2D eigenvalue weighted by atomic mass is 10.1. The highest BCUT2D eigenvalue weighted by atomic mass is 32.2. The number of sulfonamides is 1. The first-order valence-electron chi connectivity index (χ1n) is 7.09. The van der Waals surface area contributed by atoms with Gasteiger partial charge < -0.3 is 4.90 Å². The maximum Gasteiger partial charge on any atom is 0.240 e. The number of benzene rings is 1. The van der Waals surface area contributed by atoms with E-state index in [1.165, 1.54) is 0 Å². The summed E-state index contributed by atoms with van der Waals surface area (Å²) in [5.41, 5.74) is 1.83. The third-order valence-electron chi connectivity index (χ3n) is 3.86. The van der Waals surface area contributed by atoms with Crippen LogP contribution in [0.4, 0.5) is 5.69 Å². The molecule has 1 N–H and O–H groups in total. The Morgan fingerprint density at radius 2 is 2.00 bits per heavy atom. The number of sulfone groups is 1. The number of nitrogens with zero attached hydrogens (tertiary/aromatic N) is 1. The highest BCUT2D eigenvalue weighted by Crippen LogP contribution is 2.23. The van der Waals surface area contributed by atoms with Gasteiger partial charge in [-0.25, -0.2) is 21.6 Å². The molecule has 124 valence electrons. The van der Waals surface area contributed by atoms with Crippen molar-refractivity contribution in [3.8, 4) is 0 Å². The molecule has 0 radical (unpaired) electrons. The topological polar surface area (TPSA) is 83.5 Å². The molecule has 0 aromatic heterocycles. The monoisotopic (exact) mass is 346 g/mol. The average Bonchev–Trinajstić information content (AvgIpc) is 2.76. The van der Waals surface area contributed by atoms with Crippen LogP contribution >= 0.6 is 0 Å². The zero-order valence-corrected chi connectivity index (χ0v) is 14.7. The molecule has 0 unspecified atom stereocenters. The summed E-state index contributed by atoms with van der Waals surface area (Å²) in [7, 11) is -2.91. The molecule has 0 bridgehead atoms. The fourth-order valence-electron chi connectivity index (χ4n) is 2.58. The van der Waals surface area contributed by atoms with Gasteiger partial charge in [0, 0.05) is 26.3 Å². The summed E-state index contributed by atoms with van der Waals surface area (Å²) in [6.07, 6.45) is 0.516. The van der Waals surface area contributed by atoms with Gasteiger partial charge in [-0.3, -0.25) is 0 Å². The number of nitrogens with one attached hydrogen (secondary N) is 1. The molecular formula is C14H22N2O4S2. The maximum atomic E-state index is 12.4. The molecule has 1 aromatic carbocycles. The lowest BCUT2D eigenvalue weighted by molar-refractivity contribution is 0.543. The van der Waals surface area contributed by atoms with Gasteiger partial charge in [-0.15, -0.1) is 0 Å². The molecule has 1 aliphatic heterocycles. The van der Waals surface area contributed by atoms with E-state index < -0.39 is 19.9 Å². The average molecular weight is 346 g/mol. The van der Waals surface area contributed by atoms with Crippen LogP contribution in [0.15, 0.2) is 23.1 Å². The van der Waals surface area contributed by atoms with Crippen molar-refractivity contribution < 1.29 is 16.8 Å². The van der Waals surface area contributed by atoms with Crippen LogP contribution in [0.25, 0.3) is 0 Å². The van der Waals surface area contributed by atoms with Gasteiger partial charge in [0.05, 0.1) is 16.4 Å². The van der Waals surface area contributed by atoms with E-state index in [-0.39, 0.29) is 28.9 Å². The summed E-state index contributed by atoms with van der Waals surface area (Å²) in [5, 5.41) is 0. The quantitative estimate of drug-likeness (QED) is 0.851. The van der Waals surface area contributed by atoms with Crippen molar-refractivity contribution in [2.24, 2.45) is 5.92 Å². The van der Waals surface area contributed by atoms with Crippen LogP contribution < -0.4 is 9.62 Å². The van der Waals surface area contributed by atoms with E-state index in [9.17, 15) is 16.8 Å². The molecular weight excluding hydrogens is 324 g/mol. The summed E-state index contributed by atoms with van der Waals surface area (Å²) < 4.78 is 50.1. The van der Waals surface area contributed by atoms with Gasteiger partial charge in [0.2, 0.25) is 10.0 Å². The first kappa shape index (κ1) is 17.2. The molecule has 2 rings (SSSR count). The van der Waals surface area contributed by atoms with Gasteiger partial charge >= 0.3 is 0 Å². The number of rotatable bonds is 5. The van der Waals surface area contributed by atoms with Crippen LogP contribution in [0.2, 0.25) is 0 Å². The lowest BCUT2D eigenvalue weighted by Crippen LogP contribution is -2.30. The van der Waals surface area contributed by atoms with Crippen LogP contribution in [-0.4, -0.2) is 49.0 Å². The van der Waals surface area contributed by atoms with Crippen LogP contribution in [-0.2, 0) is 19.9 Å². The normalized spacial score (nSPS) is 21.0. The van der Waals surface area contributed by atoms with Gasteiger partial charge in [-0.2, -0.15) is 0 Å². The number of hydrogen-bond acceptors (Lipinski definition) is 5. The van der Waals surface area contributed by atoms with Gasteiger partial charge in [0.15, 0.2) is 9.84 Å². The van der Waals surface area contributed by atoms with E-state index in [0.29, 0.717) is 6.42 Å². The smallest absolute Gasteiger partial charge is 0.240 e. The Balaban J connectivity index is 2.12. The highest BCUT2D eigenvalue weighted by molar-refractivity contribution is 7.91. The van der Waals surface area contributed by atoms with Crippen molar-refractivity contribution in [3.63, 3.8) is 0 Å². The first-order chi connectivity index (χ1) is 10.1. The molecule has 1 aromatic rings. The van der Waals surface area contributed by atoms with Crippen molar-refractivity contribution in [2.75, 3.05) is 37.0 Å². The summed E-state index contributed by atoms with van der Waals surface area (Å²) >= 11 is 0. The standard InChI is InChI=1S/C14H22N2O4S2/c1-11-4-5-13(8-14(11)16(2)3)22(19,20)15-9-12-6-7-21(17,18)10-12/h4-5,8,12,15H,6-7,9-10H2,1-3H3/t12-/m0/s1. The fourth-order valence-corrected chi connectivity index (χ4v) is 5.58. The number of anilines is 1. The van der Waals surface area contributed by atoms with Crippen molar-refractivity contribution >= 4 is 25.5 Å². The molecule has 1 saturated heterocycles. The van der Waals surface area contributed by atoms with Crippen molar-refractivity contribution in [3.05, 3.63) is 23.8 Å². The van der Waals surface area contributed by atoms with E-state index in [1.54, 1.807) is 18.2 Å². The molecule has 1 atom stereocenters. The Morgan fingerprint density at radius 3 is 2.55 bits per heavy atom.